The number of thiocarbonyl (C=S) groups is 1. The van der Waals surface area contributed by atoms with Gasteiger partial charge in [0.15, 0.2) is 10.2 Å². The van der Waals surface area contributed by atoms with Crippen LogP contribution in [-0.4, -0.2) is 16.0 Å². The minimum Gasteiger partial charge on any atom is -0.436 e. The lowest BCUT2D eigenvalue weighted by molar-refractivity contribution is 0.102. The number of hydrogen-bond donors (Lipinski definition) is 3. The summed E-state index contributed by atoms with van der Waals surface area (Å²) >= 11 is 6.09. The molecule has 0 radical (unpaired) electrons. The van der Waals surface area contributed by atoms with Gasteiger partial charge in [-0.15, -0.1) is 16.4 Å². The third-order valence-electron chi connectivity index (χ3n) is 3.82. The zero-order valence-corrected chi connectivity index (χ0v) is 15.4. The van der Waals surface area contributed by atoms with Crippen LogP contribution in [0.2, 0.25) is 0 Å². The van der Waals surface area contributed by atoms with Gasteiger partial charge in [-0.3, -0.25) is 15.5 Å². The molecule has 4 rings (SSSR count). The Morgan fingerprint density at radius 3 is 2.85 bits per heavy atom. The van der Waals surface area contributed by atoms with Crippen molar-refractivity contribution in [1.82, 2.24) is 10.4 Å². The van der Waals surface area contributed by atoms with Crippen molar-refractivity contribution in [1.29, 1.82) is 0 Å². The minimum atomic E-state index is -0.396. The Morgan fingerprint density at radius 2 is 2.07 bits per heavy atom. The molecule has 0 spiro atoms. The standard InChI is InChI=1S/C18H13N5O2S2/c19-17(26)23-22-16-13(15(24)21-18-20-7-8-27-18)9-12-11-4-2-1-3-10(11)5-6-14(12)25-16/h1-9H,(H3,19,23,26)(H,20,21,24). The van der Waals surface area contributed by atoms with Gasteiger partial charge in [-0.2, -0.15) is 0 Å². The number of carbonyl (C=O) groups is 1. The quantitative estimate of drug-likeness (QED) is 0.280. The lowest BCUT2D eigenvalue weighted by Crippen LogP contribution is -2.29. The Kier molecular flexibility index (Phi) is 4.53. The molecule has 2 aromatic heterocycles. The molecule has 0 atom stereocenters. The van der Waals surface area contributed by atoms with Crippen LogP contribution in [0.5, 0.6) is 0 Å². The van der Waals surface area contributed by atoms with Crippen LogP contribution in [0.3, 0.4) is 0 Å². The summed E-state index contributed by atoms with van der Waals surface area (Å²) in [5.41, 5.74) is 8.79. The predicted octanol–water partition coefficient (Wildman–Crippen LogP) is 2.94. The predicted molar refractivity (Wildman–Crippen MR) is 109 cm³/mol. The Labute approximate surface area is 162 Å². The SMILES string of the molecule is NC(=S)NN=c1oc2ccc3ccccc3c2cc1C(=O)Nc1nccs1. The maximum Gasteiger partial charge on any atom is 0.263 e. The summed E-state index contributed by atoms with van der Waals surface area (Å²) in [7, 11) is 0. The molecule has 4 aromatic rings. The largest absolute Gasteiger partial charge is 0.436 e. The van der Waals surface area contributed by atoms with E-state index < -0.39 is 5.91 Å². The highest BCUT2D eigenvalue weighted by molar-refractivity contribution is 7.80. The molecule has 0 bridgehead atoms. The molecule has 0 aliphatic carbocycles. The van der Waals surface area contributed by atoms with Crippen LogP contribution in [-0.2, 0) is 0 Å². The number of anilines is 1. The van der Waals surface area contributed by atoms with Crippen LogP contribution in [0.1, 0.15) is 10.4 Å². The van der Waals surface area contributed by atoms with Crippen LogP contribution in [0.15, 0.2) is 63.6 Å². The lowest BCUT2D eigenvalue weighted by atomic mass is 10.0. The van der Waals surface area contributed by atoms with E-state index in [4.69, 9.17) is 22.4 Å². The second kappa shape index (κ2) is 7.14. The van der Waals surface area contributed by atoms with E-state index in [1.807, 2.05) is 36.4 Å². The first-order chi connectivity index (χ1) is 13.1. The number of carbonyl (C=O) groups excluding carboxylic acids is 1. The zero-order chi connectivity index (χ0) is 18.8. The maximum absolute atomic E-state index is 12.8. The molecule has 4 N–H and O–H groups in total. The van der Waals surface area contributed by atoms with Gasteiger partial charge in [0.2, 0.25) is 5.55 Å². The summed E-state index contributed by atoms with van der Waals surface area (Å²) in [5, 5.41) is 11.8. The molecule has 0 aliphatic rings. The van der Waals surface area contributed by atoms with Crippen molar-refractivity contribution >= 4 is 61.4 Å². The Morgan fingerprint density at radius 1 is 1.22 bits per heavy atom. The highest BCUT2D eigenvalue weighted by atomic mass is 32.1. The molecular formula is C18H13N5O2S2. The van der Waals surface area contributed by atoms with E-state index in [1.165, 1.54) is 11.3 Å². The summed E-state index contributed by atoms with van der Waals surface area (Å²) < 4.78 is 5.87. The van der Waals surface area contributed by atoms with Gasteiger partial charge in [-0.25, -0.2) is 4.98 Å². The van der Waals surface area contributed by atoms with Gasteiger partial charge in [0.1, 0.15) is 11.1 Å². The number of aromatic nitrogens is 1. The number of benzene rings is 2. The van der Waals surface area contributed by atoms with Crippen molar-refractivity contribution < 1.29 is 9.21 Å². The first-order valence-corrected chi connectivity index (χ1v) is 9.16. The number of rotatable bonds is 3. The third-order valence-corrected chi connectivity index (χ3v) is 4.60. The summed E-state index contributed by atoms with van der Waals surface area (Å²) in [6.45, 7) is 0. The van der Waals surface area contributed by atoms with E-state index in [9.17, 15) is 4.79 Å². The molecule has 0 aliphatic heterocycles. The number of nitrogens with two attached hydrogens (primary N) is 1. The van der Waals surface area contributed by atoms with Crippen molar-refractivity contribution in [3.63, 3.8) is 0 Å². The molecule has 134 valence electrons. The van der Waals surface area contributed by atoms with Gasteiger partial charge in [0.25, 0.3) is 5.91 Å². The van der Waals surface area contributed by atoms with E-state index in [2.05, 4.69) is 20.8 Å². The summed E-state index contributed by atoms with van der Waals surface area (Å²) in [4.78, 5) is 16.9. The number of amides is 1. The molecule has 7 nitrogen and oxygen atoms in total. The number of thiazole rings is 1. The number of hydrogen-bond acceptors (Lipinski definition) is 6. The van der Waals surface area contributed by atoms with Crippen LogP contribution >= 0.6 is 23.6 Å². The summed E-state index contributed by atoms with van der Waals surface area (Å²) in [6.07, 6.45) is 1.61. The first-order valence-electron chi connectivity index (χ1n) is 7.87. The average molecular weight is 395 g/mol. The Bertz CT molecular complexity index is 1230. The first kappa shape index (κ1) is 17.1. The van der Waals surface area contributed by atoms with Crippen LogP contribution < -0.4 is 22.0 Å². The van der Waals surface area contributed by atoms with Crippen molar-refractivity contribution in [2.75, 3.05) is 5.32 Å². The normalized spacial score (nSPS) is 11.6. The molecule has 0 fully saturated rings. The molecule has 2 aromatic carbocycles. The molecule has 2 heterocycles. The van der Waals surface area contributed by atoms with Crippen LogP contribution in [0, 0.1) is 0 Å². The zero-order valence-electron chi connectivity index (χ0n) is 13.8. The van der Waals surface area contributed by atoms with E-state index in [-0.39, 0.29) is 16.2 Å². The van der Waals surface area contributed by atoms with Crippen LogP contribution in [0.4, 0.5) is 5.13 Å². The molecular weight excluding hydrogens is 382 g/mol. The maximum atomic E-state index is 12.8. The number of nitrogens with zero attached hydrogens (tertiary/aromatic N) is 2. The fourth-order valence-electron chi connectivity index (χ4n) is 2.68. The Balaban J connectivity index is 1.93. The highest BCUT2D eigenvalue weighted by Crippen LogP contribution is 2.25. The fourth-order valence-corrected chi connectivity index (χ4v) is 3.25. The van der Waals surface area contributed by atoms with E-state index >= 15 is 0 Å². The van der Waals surface area contributed by atoms with Crippen molar-refractivity contribution in [2.45, 2.75) is 0 Å². The second-order valence-corrected chi connectivity index (χ2v) is 6.88. The smallest absolute Gasteiger partial charge is 0.263 e. The second-order valence-electron chi connectivity index (χ2n) is 5.54. The average Bonchev–Trinajstić information content (AvgIpc) is 3.18. The molecule has 1 amide bonds. The van der Waals surface area contributed by atoms with Crippen molar-refractivity contribution in [3.8, 4) is 0 Å². The molecule has 27 heavy (non-hydrogen) atoms. The van der Waals surface area contributed by atoms with Gasteiger partial charge in [0, 0.05) is 17.0 Å². The Hall–Kier alpha value is -3.30. The molecule has 0 saturated heterocycles. The summed E-state index contributed by atoms with van der Waals surface area (Å²) in [6, 6.07) is 13.4. The van der Waals surface area contributed by atoms with Crippen molar-refractivity contribution in [2.24, 2.45) is 10.8 Å². The van der Waals surface area contributed by atoms with Gasteiger partial charge < -0.3 is 10.2 Å². The van der Waals surface area contributed by atoms with Gasteiger partial charge >= 0.3 is 0 Å². The van der Waals surface area contributed by atoms with Gasteiger partial charge in [-0.1, -0.05) is 30.3 Å². The van der Waals surface area contributed by atoms with Gasteiger partial charge in [0.05, 0.1) is 0 Å². The molecule has 0 unspecified atom stereocenters. The van der Waals surface area contributed by atoms with Gasteiger partial charge in [-0.05, 0) is 35.1 Å². The van der Waals surface area contributed by atoms with Crippen molar-refractivity contribution in [3.05, 3.63) is 65.2 Å². The third kappa shape index (κ3) is 3.50. The minimum absolute atomic E-state index is 0.0323. The summed E-state index contributed by atoms with van der Waals surface area (Å²) in [5.74, 6) is -0.396. The van der Waals surface area contributed by atoms with E-state index in [1.54, 1.807) is 17.6 Å². The number of fused-ring (bicyclic) bond motifs is 3. The lowest BCUT2D eigenvalue weighted by Gasteiger charge is -2.07. The molecule has 9 heteroatoms. The number of nitrogens with one attached hydrogen (secondary N) is 2. The monoisotopic (exact) mass is 395 g/mol. The fraction of sp³-hybridized carbons (Fsp3) is 0. The topological polar surface area (TPSA) is 106 Å². The van der Waals surface area contributed by atoms with E-state index in [0.717, 1.165) is 16.2 Å². The van der Waals surface area contributed by atoms with Crippen LogP contribution in [0.25, 0.3) is 21.7 Å². The molecule has 0 saturated carbocycles. The highest BCUT2D eigenvalue weighted by Gasteiger charge is 2.15. The van der Waals surface area contributed by atoms with E-state index in [0.29, 0.717) is 10.7 Å².